The van der Waals surface area contributed by atoms with Crippen molar-refractivity contribution in [2.75, 3.05) is 0 Å². The third-order valence-corrected chi connectivity index (χ3v) is 1.76. The first-order valence-corrected chi connectivity index (χ1v) is 3.22. The first-order chi connectivity index (χ1) is 4.63. The number of rotatable bonds is 0. The molecule has 0 bridgehead atoms. The molecule has 0 saturated heterocycles. The van der Waals surface area contributed by atoms with Crippen molar-refractivity contribution in [2.45, 2.75) is 13.8 Å². The van der Waals surface area contributed by atoms with Crippen LogP contribution in [0.1, 0.15) is 13.8 Å². The van der Waals surface area contributed by atoms with Gasteiger partial charge in [0.25, 0.3) is 0 Å². The lowest BCUT2D eigenvalue weighted by Gasteiger charge is -2.08. The minimum Gasteiger partial charge on any atom is -0.289 e. The number of allylic oxidation sites excluding steroid dienone is 5. The van der Waals surface area contributed by atoms with Crippen molar-refractivity contribution in [3.8, 4) is 0 Å². The van der Waals surface area contributed by atoms with Gasteiger partial charge in [0.1, 0.15) is 0 Å². The Morgan fingerprint density at radius 1 is 1.30 bits per heavy atom. The molecule has 0 aromatic carbocycles. The largest absolute Gasteiger partial charge is 0.289 e. The molecule has 52 valence electrons. The highest BCUT2D eigenvalue weighted by atomic mass is 16.1. The highest BCUT2D eigenvalue weighted by molar-refractivity contribution is 6.11. The Hall–Kier alpha value is -1.11. The summed E-state index contributed by atoms with van der Waals surface area (Å²) in [6, 6.07) is 0. The summed E-state index contributed by atoms with van der Waals surface area (Å²) < 4.78 is 0. The smallest absolute Gasteiger partial charge is 0.188 e. The van der Waals surface area contributed by atoms with Gasteiger partial charge in [0.15, 0.2) is 5.78 Å². The minimum absolute atomic E-state index is 0.0694. The van der Waals surface area contributed by atoms with E-state index in [-0.39, 0.29) is 5.78 Å². The molecule has 0 N–H and O–H groups in total. The van der Waals surface area contributed by atoms with E-state index >= 15 is 0 Å². The number of carbonyl (C=O) groups is 1. The summed E-state index contributed by atoms with van der Waals surface area (Å²) in [4.78, 5) is 11.1. The lowest BCUT2D eigenvalue weighted by molar-refractivity contribution is -0.112. The molecule has 10 heavy (non-hydrogen) atoms. The second-order valence-electron chi connectivity index (χ2n) is 2.50. The highest BCUT2D eigenvalue weighted by Crippen LogP contribution is 2.16. The van der Waals surface area contributed by atoms with Crippen molar-refractivity contribution in [1.82, 2.24) is 0 Å². The van der Waals surface area contributed by atoms with Crippen LogP contribution >= 0.6 is 0 Å². The van der Waals surface area contributed by atoms with Crippen molar-refractivity contribution < 1.29 is 4.79 Å². The van der Waals surface area contributed by atoms with Crippen LogP contribution in [0, 0.1) is 0 Å². The van der Waals surface area contributed by atoms with Gasteiger partial charge in [-0.3, -0.25) is 4.79 Å². The second kappa shape index (κ2) is 2.25. The number of Topliss-reactive ketones (excluding diaryl/α,β-unsaturated/α-hetero) is 1. The molecule has 1 rings (SSSR count). The maximum absolute atomic E-state index is 11.1. The summed E-state index contributed by atoms with van der Waals surface area (Å²) in [6.45, 7) is 7.36. The quantitative estimate of drug-likeness (QED) is 0.463. The van der Waals surface area contributed by atoms with Crippen molar-refractivity contribution >= 4 is 5.78 Å². The van der Waals surface area contributed by atoms with Crippen LogP contribution in [0.3, 0.4) is 0 Å². The van der Waals surface area contributed by atoms with Gasteiger partial charge in [-0.25, -0.2) is 0 Å². The molecule has 1 aliphatic rings. The lowest BCUT2D eigenvalue weighted by atomic mass is 9.96. The average Bonchev–Trinajstić information content (AvgIpc) is 1.93. The van der Waals surface area contributed by atoms with Gasteiger partial charge < -0.3 is 0 Å². The molecule has 0 aliphatic heterocycles. The van der Waals surface area contributed by atoms with Gasteiger partial charge in [0.05, 0.1) is 0 Å². The molecular formula is C9H10O. The Morgan fingerprint density at radius 2 is 1.90 bits per heavy atom. The molecule has 0 aromatic rings. The number of hydrogen-bond acceptors (Lipinski definition) is 1. The maximum atomic E-state index is 11.1. The molecule has 1 aliphatic carbocycles. The fourth-order valence-electron chi connectivity index (χ4n) is 0.846. The van der Waals surface area contributed by atoms with Gasteiger partial charge in [0.2, 0.25) is 0 Å². The summed E-state index contributed by atoms with van der Waals surface area (Å²) in [5.74, 6) is 0.0694. The Bertz CT molecular complexity index is 254. The predicted octanol–water partition coefficient (Wildman–Crippen LogP) is 2.02. The molecule has 1 nitrogen and oxygen atoms in total. The number of carbonyl (C=O) groups excluding carboxylic acids is 1. The molecule has 0 saturated carbocycles. The van der Waals surface area contributed by atoms with E-state index < -0.39 is 0 Å². The fourth-order valence-corrected chi connectivity index (χ4v) is 0.846. The van der Waals surface area contributed by atoms with Crippen LogP contribution in [0.15, 0.2) is 35.5 Å². The normalized spacial score (nSPS) is 18.6. The van der Waals surface area contributed by atoms with Crippen LogP contribution in [0.5, 0.6) is 0 Å². The summed E-state index contributed by atoms with van der Waals surface area (Å²) in [7, 11) is 0. The average molecular weight is 134 g/mol. The first kappa shape index (κ1) is 7.00. The van der Waals surface area contributed by atoms with Gasteiger partial charge in [-0.05, 0) is 25.0 Å². The molecule has 0 atom stereocenters. The fraction of sp³-hybridized carbons (Fsp3) is 0.222. The molecule has 0 amide bonds. The zero-order valence-corrected chi connectivity index (χ0v) is 6.27. The van der Waals surface area contributed by atoms with Crippen LogP contribution in [0.4, 0.5) is 0 Å². The van der Waals surface area contributed by atoms with E-state index in [9.17, 15) is 4.79 Å². The summed E-state index contributed by atoms with van der Waals surface area (Å²) in [6.07, 6.45) is 3.67. The Balaban J connectivity index is 3.11. The van der Waals surface area contributed by atoms with Crippen LogP contribution in [0.2, 0.25) is 0 Å². The van der Waals surface area contributed by atoms with E-state index in [1.54, 1.807) is 6.08 Å². The van der Waals surface area contributed by atoms with Gasteiger partial charge in [-0.1, -0.05) is 18.7 Å². The number of ketones is 1. The van der Waals surface area contributed by atoms with E-state index in [1.165, 1.54) is 0 Å². The van der Waals surface area contributed by atoms with Gasteiger partial charge >= 0.3 is 0 Å². The Morgan fingerprint density at radius 3 is 2.40 bits per heavy atom. The molecular weight excluding hydrogens is 124 g/mol. The molecule has 0 aromatic heterocycles. The molecule has 1 heteroatoms. The summed E-state index contributed by atoms with van der Waals surface area (Å²) in [5.41, 5.74) is 2.44. The predicted molar refractivity (Wildman–Crippen MR) is 41.7 cm³/mol. The molecule has 0 heterocycles. The van der Waals surface area contributed by atoms with E-state index in [0.717, 1.165) is 11.1 Å². The SMILES string of the molecule is C=C1C=CC(C)=C(C)C1=O. The van der Waals surface area contributed by atoms with Gasteiger partial charge in [0, 0.05) is 5.57 Å². The zero-order valence-electron chi connectivity index (χ0n) is 6.27. The Kier molecular flexibility index (Phi) is 1.58. The highest BCUT2D eigenvalue weighted by Gasteiger charge is 2.11. The number of hydrogen-bond donors (Lipinski definition) is 0. The van der Waals surface area contributed by atoms with E-state index in [4.69, 9.17) is 0 Å². The molecule has 0 unspecified atom stereocenters. The van der Waals surface area contributed by atoms with E-state index in [2.05, 4.69) is 6.58 Å². The Labute approximate surface area is 60.7 Å². The van der Waals surface area contributed by atoms with Crippen LogP contribution in [-0.4, -0.2) is 5.78 Å². The van der Waals surface area contributed by atoms with Crippen molar-refractivity contribution in [1.29, 1.82) is 0 Å². The van der Waals surface area contributed by atoms with Crippen molar-refractivity contribution in [3.63, 3.8) is 0 Å². The third-order valence-electron chi connectivity index (χ3n) is 1.76. The van der Waals surface area contributed by atoms with Crippen molar-refractivity contribution in [3.05, 3.63) is 35.5 Å². The summed E-state index contributed by atoms with van der Waals surface area (Å²) in [5, 5.41) is 0. The second-order valence-corrected chi connectivity index (χ2v) is 2.50. The molecule has 0 radical (unpaired) electrons. The van der Waals surface area contributed by atoms with E-state index in [0.29, 0.717) is 5.57 Å². The molecule has 0 fully saturated rings. The third kappa shape index (κ3) is 0.947. The minimum atomic E-state index is 0.0694. The van der Waals surface area contributed by atoms with Crippen LogP contribution in [0.25, 0.3) is 0 Å². The van der Waals surface area contributed by atoms with Gasteiger partial charge in [-0.2, -0.15) is 0 Å². The van der Waals surface area contributed by atoms with Gasteiger partial charge in [-0.15, -0.1) is 0 Å². The summed E-state index contributed by atoms with van der Waals surface area (Å²) >= 11 is 0. The monoisotopic (exact) mass is 134 g/mol. The lowest BCUT2D eigenvalue weighted by Crippen LogP contribution is -2.06. The van der Waals surface area contributed by atoms with Crippen LogP contribution < -0.4 is 0 Å². The first-order valence-electron chi connectivity index (χ1n) is 3.22. The maximum Gasteiger partial charge on any atom is 0.188 e. The molecule has 0 spiro atoms. The van der Waals surface area contributed by atoms with E-state index in [1.807, 2.05) is 19.9 Å². The van der Waals surface area contributed by atoms with Crippen LogP contribution in [-0.2, 0) is 4.79 Å². The zero-order chi connectivity index (χ0) is 7.72. The topological polar surface area (TPSA) is 17.1 Å². The standard InChI is InChI=1S/C9H10O/c1-6-4-5-7(2)9(10)8(6)3/h4-5H,2H2,1,3H3. The van der Waals surface area contributed by atoms with Crippen molar-refractivity contribution in [2.24, 2.45) is 0 Å².